The Morgan fingerprint density at radius 3 is 2.38 bits per heavy atom. The summed E-state index contributed by atoms with van der Waals surface area (Å²) in [7, 11) is 0. The lowest BCUT2D eigenvalue weighted by atomic mass is 10.1. The summed E-state index contributed by atoms with van der Waals surface area (Å²) >= 11 is 0. The van der Waals surface area contributed by atoms with Crippen LogP contribution in [0.15, 0.2) is 24.3 Å². The maximum Gasteiger partial charge on any atom is 0.401 e. The first-order valence-electron chi connectivity index (χ1n) is 7.23. The standard InChI is InChI=1S/C15H19F3N2O/c16-15(17,18)10-19-5-7-20(8-6-19)13-9-11-3-1-2-4-12(11)14(13)21/h1-4,13-14,21H,5-10H2. The summed E-state index contributed by atoms with van der Waals surface area (Å²) < 4.78 is 37.2. The van der Waals surface area contributed by atoms with Crippen molar-refractivity contribution in [1.29, 1.82) is 0 Å². The van der Waals surface area contributed by atoms with Crippen molar-refractivity contribution in [2.24, 2.45) is 0 Å². The molecule has 1 aromatic rings. The lowest BCUT2D eigenvalue weighted by molar-refractivity contribution is -0.150. The van der Waals surface area contributed by atoms with Gasteiger partial charge in [0.15, 0.2) is 0 Å². The fraction of sp³-hybridized carbons (Fsp3) is 0.600. The second kappa shape index (κ2) is 5.59. The third-order valence-electron chi connectivity index (χ3n) is 4.45. The second-order valence-electron chi connectivity index (χ2n) is 5.84. The number of aliphatic hydroxyl groups excluding tert-OH is 1. The highest BCUT2D eigenvalue weighted by atomic mass is 19.4. The molecule has 0 radical (unpaired) electrons. The van der Waals surface area contributed by atoms with Gasteiger partial charge in [0.1, 0.15) is 0 Å². The van der Waals surface area contributed by atoms with E-state index in [0.717, 1.165) is 17.5 Å². The Hall–Kier alpha value is -1.11. The molecule has 3 nitrogen and oxygen atoms in total. The summed E-state index contributed by atoms with van der Waals surface area (Å²) in [5.74, 6) is 0. The van der Waals surface area contributed by atoms with Gasteiger partial charge in [0.2, 0.25) is 0 Å². The van der Waals surface area contributed by atoms with Gasteiger partial charge in [-0.25, -0.2) is 0 Å². The van der Waals surface area contributed by atoms with Gasteiger partial charge in [-0.2, -0.15) is 13.2 Å². The number of nitrogens with zero attached hydrogens (tertiary/aromatic N) is 2. The summed E-state index contributed by atoms with van der Waals surface area (Å²) in [5, 5.41) is 10.4. The smallest absolute Gasteiger partial charge is 0.387 e. The molecule has 0 spiro atoms. The number of benzene rings is 1. The zero-order chi connectivity index (χ0) is 15.0. The van der Waals surface area contributed by atoms with E-state index < -0.39 is 18.8 Å². The molecule has 0 bridgehead atoms. The first-order chi connectivity index (χ1) is 9.94. The van der Waals surface area contributed by atoms with Crippen molar-refractivity contribution in [2.75, 3.05) is 32.7 Å². The fourth-order valence-corrected chi connectivity index (χ4v) is 3.39. The normalized spacial score (nSPS) is 27.8. The Morgan fingerprint density at radius 2 is 1.76 bits per heavy atom. The molecule has 0 aromatic heterocycles. The molecule has 0 saturated carbocycles. The van der Waals surface area contributed by atoms with Gasteiger partial charge in [-0.3, -0.25) is 9.80 Å². The minimum Gasteiger partial charge on any atom is -0.387 e. The van der Waals surface area contributed by atoms with Gasteiger partial charge in [0.05, 0.1) is 12.6 Å². The van der Waals surface area contributed by atoms with Crippen LogP contribution in [0.2, 0.25) is 0 Å². The second-order valence-corrected chi connectivity index (χ2v) is 5.84. The molecular weight excluding hydrogens is 281 g/mol. The number of hydrogen-bond acceptors (Lipinski definition) is 3. The van der Waals surface area contributed by atoms with E-state index in [4.69, 9.17) is 0 Å². The first-order valence-corrected chi connectivity index (χ1v) is 7.23. The van der Waals surface area contributed by atoms with Crippen LogP contribution in [0.5, 0.6) is 0 Å². The van der Waals surface area contributed by atoms with Crippen molar-refractivity contribution in [3.8, 4) is 0 Å². The van der Waals surface area contributed by atoms with E-state index in [1.807, 2.05) is 24.3 Å². The van der Waals surface area contributed by atoms with Crippen LogP contribution in [0.3, 0.4) is 0 Å². The predicted octanol–water partition coefficient (Wildman–Crippen LogP) is 1.82. The van der Waals surface area contributed by atoms with Gasteiger partial charge in [0.25, 0.3) is 0 Å². The van der Waals surface area contributed by atoms with E-state index in [0.29, 0.717) is 26.2 Å². The van der Waals surface area contributed by atoms with Crippen LogP contribution in [0.4, 0.5) is 13.2 Å². The molecule has 6 heteroatoms. The molecule has 2 unspecified atom stereocenters. The largest absolute Gasteiger partial charge is 0.401 e. The molecule has 0 amide bonds. The van der Waals surface area contributed by atoms with Crippen molar-refractivity contribution in [1.82, 2.24) is 9.80 Å². The van der Waals surface area contributed by atoms with Crippen molar-refractivity contribution in [2.45, 2.75) is 24.7 Å². The van der Waals surface area contributed by atoms with E-state index in [1.165, 1.54) is 4.90 Å². The zero-order valence-electron chi connectivity index (χ0n) is 11.7. The Kier molecular flexibility index (Phi) is 3.94. The van der Waals surface area contributed by atoms with Gasteiger partial charge in [-0.15, -0.1) is 0 Å². The molecular formula is C15H19F3N2O. The van der Waals surface area contributed by atoms with E-state index in [2.05, 4.69) is 4.90 Å². The van der Waals surface area contributed by atoms with E-state index >= 15 is 0 Å². The number of alkyl halides is 3. The summed E-state index contributed by atoms with van der Waals surface area (Å²) in [6, 6.07) is 7.80. The summed E-state index contributed by atoms with van der Waals surface area (Å²) in [5.41, 5.74) is 2.10. The third kappa shape index (κ3) is 3.22. The van der Waals surface area contributed by atoms with Crippen LogP contribution < -0.4 is 0 Å². The molecule has 2 aliphatic rings. The Morgan fingerprint density at radius 1 is 1.10 bits per heavy atom. The van der Waals surface area contributed by atoms with E-state index in [9.17, 15) is 18.3 Å². The number of aliphatic hydroxyl groups is 1. The highest BCUT2D eigenvalue weighted by Gasteiger charge is 2.38. The lowest BCUT2D eigenvalue weighted by Gasteiger charge is -2.39. The SMILES string of the molecule is OC1c2ccccc2CC1N1CCN(CC(F)(F)F)CC1. The number of halogens is 3. The maximum atomic E-state index is 12.4. The molecule has 2 atom stereocenters. The van der Waals surface area contributed by atoms with Crippen molar-refractivity contribution < 1.29 is 18.3 Å². The highest BCUT2D eigenvalue weighted by molar-refractivity contribution is 5.35. The van der Waals surface area contributed by atoms with Crippen LogP contribution in [0.1, 0.15) is 17.2 Å². The minimum absolute atomic E-state index is 0.00423. The Bertz CT molecular complexity index is 498. The average molecular weight is 300 g/mol. The predicted molar refractivity (Wildman–Crippen MR) is 73.0 cm³/mol. The topological polar surface area (TPSA) is 26.7 Å². The molecule has 1 saturated heterocycles. The summed E-state index contributed by atoms with van der Waals surface area (Å²) in [4.78, 5) is 3.56. The number of hydrogen-bond donors (Lipinski definition) is 1. The van der Waals surface area contributed by atoms with Crippen LogP contribution in [0, 0.1) is 0 Å². The Labute approximate surface area is 122 Å². The van der Waals surface area contributed by atoms with Crippen molar-refractivity contribution >= 4 is 0 Å². The van der Waals surface area contributed by atoms with E-state index in [1.54, 1.807) is 0 Å². The number of piperazine rings is 1. The first kappa shape index (κ1) is 14.8. The molecule has 21 heavy (non-hydrogen) atoms. The molecule has 1 aromatic carbocycles. The Balaban J connectivity index is 1.59. The summed E-state index contributed by atoms with van der Waals surface area (Å²) in [6.07, 6.45) is -3.89. The molecule has 1 fully saturated rings. The molecule has 1 heterocycles. The van der Waals surface area contributed by atoms with E-state index in [-0.39, 0.29) is 6.04 Å². The van der Waals surface area contributed by atoms with Crippen molar-refractivity contribution in [3.63, 3.8) is 0 Å². The number of fused-ring (bicyclic) bond motifs is 1. The van der Waals surface area contributed by atoms with Gasteiger partial charge < -0.3 is 5.11 Å². The third-order valence-corrected chi connectivity index (χ3v) is 4.45. The molecule has 1 aliphatic carbocycles. The molecule has 1 aliphatic heterocycles. The van der Waals surface area contributed by atoms with Gasteiger partial charge in [-0.1, -0.05) is 24.3 Å². The van der Waals surface area contributed by atoms with Crippen LogP contribution in [-0.2, 0) is 6.42 Å². The fourth-order valence-electron chi connectivity index (χ4n) is 3.39. The molecule has 1 N–H and O–H groups in total. The van der Waals surface area contributed by atoms with Gasteiger partial charge >= 0.3 is 6.18 Å². The van der Waals surface area contributed by atoms with Gasteiger partial charge in [0, 0.05) is 32.2 Å². The van der Waals surface area contributed by atoms with Crippen LogP contribution in [-0.4, -0.2) is 59.8 Å². The molecule has 3 rings (SSSR count). The van der Waals surface area contributed by atoms with Crippen LogP contribution in [0.25, 0.3) is 0 Å². The average Bonchev–Trinajstić information content (AvgIpc) is 2.76. The minimum atomic E-state index is -4.13. The number of rotatable bonds is 2. The highest BCUT2D eigenvalue weighted by Crippen LogP contribution is 2.34. The van der Waals surface area contributed by atoms with Crippen molar-refractivity contribution in [3.05, 3.63) is 35.4 Å². The van der Waals surface area contributed by atoms with Crippen LogP contribution >= 0.6 is 0 Å². The monoisotopic (exact) mass is 300 g/mol. The van der Waals surface area contributed by atoms with Gasteiger partial charge in [-0.05, 0) is 17.5 Å². The quantitative estimate of drug-likeness (QED) is 0.902. The lowest BCUT2D eigenvalue weighted by Crippen LogP contribution is -2.53. The summed E-state index contributed by atoms with van der Waals surface area (Å²) in [6.45, 7) is 1.12. The maximum absolute atomic E-state index is 12.4. The zero-order valence-corrected chi connectivity index (χ0v) is 11.7. The molecule has 116 valence electrons.